The second-order valence-corrected chi connectivity index (χ2v) is 10.1. The van der Waals surface area contributed by atoms with Gasteiger partial charge in [-0.1, -0.05) is 50.1 Å². The van der Waals surface area contributed by atoms with E-state index in [4.69, 9.17) is 0 Å². The molecule has 2 aliphatic heterocycles. The van der Waals surface area contributed by atoms with Gasteiger partial charge in [0.1, 0.15) is 30.0 Å². The van der Waals surface area contributed by atoms with E-state index in [9.17, 15) is 24.0 Å². The van der Waals surface area contributed by atoms with Gasteiger partial charge in [-0.05, 0) is 44.6 Å². The van der Waals surface area contributed by atoms with Crippen molar-refractivity contribution in [1.29, 1.82) is 0 Å². The number of carbonyl (C=O) groups is 5. The van der Waals surface area contributed by atoms with Crippen molar-refractivity contribution < 1.29 is 24.0 Å². The van der Waals surface area contributed by atoms with E-state index in [1.165, 1.54) is 0 Å². The molecule has 0 unspecified atom stereocenters. The van der Waals surface area contributed by atoms with Crippen LogP contribution in [0.15, 0.2) is 30.3 Å². The molecule has 0 spiro atoms. The van der Waals surface area contributed by atoms with Crippen LogP contribution in [0.5, 0.6) is 0 Å². The normalized spacial score (nSPS) is 25.2. The van der Waals surface area contributed by atoms with E-state index in [1.54, 1.807) is 11.8 Å². The Labute approximate surface area is 219 Å². The van der Waals surface area contributed by atoms with Gasteiger partial charge in [0, 0.05) is 25.8 Å². The standard InChI is InChI=1S/C28H40N4O5/c1-3-21(33)14-8-5-9-15-22-26(35)29-19(2)25(34)31-23(18-20-12-6-4-7-13-20)28(37)32-17-11-10-16-24(32)27(36)30-22/h4,6-7,12-13,19,22-24H,3,5,8-11,14-18H2,1-2H3,(H,29,35)(H,30,36)(H,31,34)/t19-,22-,23-,24-/m0/s1. The van der Waals surface area contributed by atoms with E-state index in [-0.39, 0.29) is 17.6 Å². The highest BCUT2D eigenvalue weighted by molar-refractivity contribution is 5.97. The molecular weight excluding hydrogens is 472 g/mol. The Balaban J connectivity index is 1.78. The van der Waals surface area contributed by atoms with E-state index >= 15 is 0 Å². The van der Waals surface area contributed by atoms with Crippen molar-refractivity contribution in [2.24, 2.45) is 0 Å². The summed E-state index contributed by atoms with van der Waals surface area (Å²) in [4.78, 5) is 66.3. The van der Waals surface area contributed by atoms with Crippen molar-refractivity contribution in [3.05, 3.63) is 35.9 Å². The highest BCUT2D eigenvalue weighted by atomic mass is 16.2. The third-order valence-electron chi connectivity index (χ3n) is 7.21. The molecule has 0 radical (unpaired) electrons. The Kier molecular flexibility index (Phi) is 10.7. The number of nitrogens with zero attached hydrogens (tertiary/aromatic N) is 1. The summed E-state index contributed by atoms with van der Waals surface area (Å²) in [5.41, 5.74) is 0.892. The second-order valence-electron chi connectivity index (χ2n) is 10.1. The first-order chi connectivity index (χ1) is 17.8. The number of piperidine rings is 1. The number of hydrogen-bond donors (Lipinski definition) is 3. The summed E-state index contributed by atoms with van der Waals surface area (Å²) >= 11 is 0. The van der Waals surface area contributed by atoms with Gasteiger partial charge in [0.25, 0.3) is 0 Å². The zero-order chi connectivity index (χ0) is 26.8. The maximum atomic E-state index is 13.7. The fourth-order valence-electron chi connectivity index (χ4n) is 4.96. The van der Waals surface area contributed by atoms with Crippen LogP contribution >= 0.6 is 0 Å². The van der Waals surface area contributed by atoms with Gasteiger partial charge in [-0.3, -0.25) is 24.0 Å². The minimum atomic E-state index is -0.878. The Bertz CT molecular complexity index is 967. The number of benzene rings is 1. The molecule has 0 aromatic heterocycles. The highest BCUT2D eigenvalue weighted by Gasteiger charge is 2.38. The Hall–Kier alpha value is -3.23. The number of unbranched alkanes of at least 4 members (excludes halogenated alkanes) is 2. The van der Waals surface area contributed by atoms with Gasteiger partial charge < -0.3 is 20.9 Å². The second kappa shape index (κ2) is 13.9. The summed E-state index contributed by atoms with van der Waals surface area (Å²) < 4.78 is 0. The number of rotatable bonds is 9. The Morgan fingerprint density at radius 3 is 2.35 bits per heavy atom. The molecule has 202 valence electrons. The van der Waals surface area contributed by atoms with Crippen LogP contribution in [0.4, 0.5) is 0 Å². The molecule has 2 saturated heterocycles. The minimum absolute atomic E-state index is 0.213. The quantitative estimate of drug-likeness (QED) is 0.437. The monoisotopic (exact) mass is 512 g/mol. The molecule has 3 rings (SSSR count). The van der Waals surface area contributed by atoms with Crippen molar-refractivity contribution in [2.45, 2.75) is 102 Å². The van der Waals surface area contributed by atoms with Crippen LogP contribution in [0.3, 0.4) is 0 Å². The molecule has 9 nitrogen and oxygen atoms in total. The Morgan fingerprint density at radius 1 is 0.892 bits per heavy atom. The number of amides is 4. The average Bonchev–Trinajstić information content (AvgIpc) is 2.91. The molecule has 1 aromatic carbocycles. The van der Waals surface area contributed by atoms with E-state index in [0.717, 1.165) is 31.2 Å². The fraction of sp³-hybridized carbons (Fsp3) is 0.607. The number of hydrogen-bond acceptors (Lipinski definition) is 5. The maximum absolute atomic E-state index is 13.7. The van der Waals surface area contributed by atoms with E-state index < -0.39 is 36.0 Å². The molecule has 3 N–H and O–H groups in total. The number of carbonyl (C=O) groups excluding carboxylic acids is 5. The predicted octanol–water partition coefficient (Wildman–Crippen LogP) is 2.03. The van der Waals surface area contributed by atoms with Gasteiger partial charge >= 0.3 is 0 Å². The van der Waals surface area contributed by atoms with Gasteiger partial charge in [0.2, 0.25) is 23.6 Å². The van der Waals surface area contributed by atoms with E-state index in [0.29, 0.717) is 45.1 Å². The first kappa shape index (κ1) is 28.3. The topological polar surface area (TPSA) is 125 Å². The van der Waals surface area contributed by atoms with Gasteiger partial charge in [0.15, 0.2) is 0 Å². The lowest BCUT2D eigenvalue weighted by molar-refractivity contribution is -0.146. The van der Waals surface area contributed by atoms with Crippen LogP contribution in [-0.2, 0) is 30.4 Å². The third kappa shape index (κ3) is 8.13. The third-order valence-corrected chi connectivity index (χ3v) is 7.21. The molecule has 0 bridgehead atoms. The van der Waals surface area contributed by atoms with Crippen molar-refractivity contribution in [1.82, 2.24) is 20.9 Å². The summed E-state index contributed by atoms with van der Waals surface area (Å²) in [7, 11) is 0. The van der Waals surface area contributed by atoms with Crippen LogP contribution in [0.1, 0.15) is 77.2 Å². The first-order valence-corrected chi connectivity index (χ1v) is 13.6. The van der Waals surface area contributed by atoms with Crippen molar-refractivity contribution in [2.75, 3.05) is 6.54 Å². The van der Waals surface area contributed by atoms with Crippen LogP contribution in [0.2, 0.25) is 0 Å². The number of fused-ring (bicyclic) bond motifs is 1. The van der Waals surface area contributed by atoms with Crippen LogP contribution in [-0.4, -0.2) is 65.0 Å². The summed E-state index contributed by atoms with van der Waals surface area (Å²) in [6.45, 7) is 3.84. The summed E-state index contributed by atoms with van der Waals surface area (Å²) in [6, 6.07) is 6.19. The van der Waals surface area contributed by atoms with E-state index in [2.05, 4.69) is 16.0 Å². The molecule has 4 atom stereocenters. The maximum Gasteiger partial charge on any atom is 0.246 e. The van der Waals surface area contributed by atoms with E-state index in [1.807, 2.05) is 37.3 Å². The molecule has 2 aliphatic rings. The van der Waals surface area contributed by atoms with Crippen LogP contribution in [0, 0.1) is 0 Å². The molecule has 0 saturated carbocycles. The predicted molar refractivity (Wildman–Crippen MR) is 139 cm³/mol. The molecule has 4 amide bonds. The molecule has 0 aliphatic carbocycles. The number of ketones is 1. The fourth-order valence-corrected chi connectivity index (χ4v) is 4.96. The summed E-state index contributed by atoms with van der Waals surface area (Å²) in [5.74, 6) is -1.28. The molecule has 2 heterocycles. The molecule has 1 aromatic rings. The number of Topliss-reactive ketones (excluding diaryl/α,β-unsaturated/α-hetero) is 1. The Morgan fingerprint density at radius 2 is 1.62 bits per heavy atom. The number of nitrogens with one attached hydrogen (secondary N) is 3. The van der Waals surface area contributed by atoms with Crippen LogP contribution < -0.4 is 16.0 Å². The van der Waals surface area contributed by atoms with Crippen molar-refractivity contribution in [3.8, 4) is 0 Å². The van der Waals surface area contributed by atoms with Gasteiger partial charge in [-0.25, -0.2) is 0 Å². The van der Waals surface area contributed by atoms with Gasteiger partial charge in [0.05, 0.1) is 0 Å². The highest BCUT2D eigenvalue weighted by Crippen LogP contribution is 2.20. The lowest BCUT2D eigenvalue weighted by Gasteiger charge is -2.38. The largest absolute Gasteiger partial charge is 0.343 e. The molecular formula is C28H40N4O5. The van der Waals surface area contributed by atoms with Gasteiger partial charge in [-0.15, -0.1) is 0 Å². The minimum Gasteiger partial charge on any atom is -0.343 e. The molecule has 37 heavy (non-hydrogen) atoms. The zero-order valence-corrected chi connectivity index (χ0v) is 22.0. The molecule has 2 fully saturated rings. The lowest BCUT2D eigenvalue weighted by atomic mass is 9.97. The zero-order valence-electron chi connectivity index (χ0n) is 22.0. The lowest BCUT2D eigenvalue weighted by Crippen LogP contribution is -2.63. The SMILES string of the molecule is CCC(=O)CCCCC[C@@H]1NC(=O)[C@@H]2CCCCN2C(=O)[C@H](Cc2ccccc2)NC(=O)[C@H](C)NC1=O. The van der Waals surface area contributed by atoms with Crippen molar-refractivity contribution >= 4 is 29.4 Å². The summed E-state index contributed by atoms with van der Waals surface area (Å²) in [6.07, 6.45) is 5.96. The van der Waals surface area contributed by atoms with Crippen molar-refractivity contribution in [3.63, 3.8) is 0 Å². The average molecular weight is 513 g/mol. The van der Waals surface area contributed by atoms with Crippen LogP contribution in [0.25, 0.3) is 0 Å². The summed E-state index contributed by atoms with van der Waals surface area (Å²) in [5, 5.41) is 8.42. The molecule has 9 heteroatoms. The van der Waals surface area contributed by atoms with Gasteiger partial charge in [-0.2, -0.15) is 0 Å². The first-order valence-electron chi connectivity index (χ1n) is 13.6. The smallest absolute Gasteiger partial charge is 0.246 e.